The summed E-state index contributed by atoms with van der Waals surface area (Å²) in [6.07, 6.45) is 3.71. The molecule has 4 heterocycles. The Kier molecular flexibility index (Phi) is 7.38. The minimum absolute atomic E-state index is 0.128. The third-order valence-corrected chi connectivity index (χ3v) is 6.59. The largest absolute Gasteiger partial charge is 0.444 e. The first-order valence-electron chi connectivity index (χ1n) is 13.2. The Labute approximate surface area is 231 Å². The van der Waals surface area contributed by atoms with Crippen molar-refractivity contribution in [1.29, 1.82) is 0 Å². The fraction of sp³-hybridized carbons (Fsp3) is 0.345. The molecule has 1 aliphatic heterocycles. The second-order valence-corrected chi connectivity index (χ2v) is 10.9. The Bertz CT molecular complexity index is 1560. The summed E-state index contributed by atoms with van der Waals surface area (Å²) in [5, 5.41) is 10.1. The van der Waals surface area contributed by atoms with E-state index in [1.807, 2.05) is 32.9 Å². The van der Waals surface area contributed by atoms with Gasteiger partial charge in [-0.2, -0.15) is 5.10 Å². The Morgan fingerprint density at radius 3 is 2.73 bits per heavy atom. The number of benzene rings is 1. The van der Waals surface area contributed by atoms with Crippen LogP contribution in [0.3, 0.4) is 0 Å². The second-order valence-electron chi connectivity index (χ2n) is 10.9. The van der Waals surface area contributed by atoms with E-state index < -0.39 is 11.6 Å². The average molecular weight is 546 g/mol. The number of nitrogens with zero attached hydrogens (tertiary/aromatic N) is 5. The Morgan fingerprint density at radius 2 is 1.95 bits per heavy atom. The SMILES string of the molecule is Cc1cc(-c2nc3cccnn3c2-c2ccnc(NC(=O)NCC3CCN(C(=O)OC(C)(C)C)C3)c2)ccc1F. The van der Waals surface area contributed by atoms with Crippen molar-refractivity contribution in [1.82, 2.24) is 29.8 Å². The molecule has 5 rings (SSSR count). The zero-order valence-corrected chi connectivity index (χ0v) is 22.9. The molecule has 40 heavy (non-hydrogen) atoms. The molecule has 0 spiro atoms. The van der Waals surface area contributed by atoms with E-state index in [9.17, 15) is 14.0 Å². The number of fused-ring (bicyclic) bond motifs is 1. The van der Waals surface area contributed by atoms with Crippen molar-refractivity contribution in [3.05, 3.63) is 66.2 Å². The van der Waals surface area contributed by atoms with Gasteiger partial charge in [0.05, 0.1) is 5.69 Å². The van der Waals surface area contributed by atoms with Gasteiger partial charge in [0.15, 0.2) is 5.65 Å². The first-order chi connectivity index (χ1) is 19.1. The van der Waals surface area contributed by atoms with E-state index in [-0.39, 0.29) is 17.8 Å². The summed E-state index contributed by atoms with van der Waals surface area (Å²) in [5.41, 5.74) is 3.42. The molecule has 1 aromatic carbocycles. The first-order valence-corrected chi connectivity index (χ1v) is 13.2. The quantitative estimate of drug-likeness (QED) is 0.353. The molecule has 10 nitrogen and oxygen atoms in total. The molecule has 1 aliphatic rings. The molecule has 1 saturated heterocycles. The molecule has 0 aliphatic carbocycles. The fourth-order valence-electron chi connectivity index (χ4n) is 4.68. The number of pyridine rings is 1. The molecule has 1 unspecified atom stereocenters. The lowest BCUT2D eigenvalue weighted by Crippen LogP contribution is -2.37. The van der Waals surface area contributed by atoms with E-state index in [2.05, 4.69) is 20.7 Å². The lowest BCUT2D eigenvalue weighted by Gasteiger charge is -2.24. The minimum atomic E-state index is -0.549. The molecule has 3 amide bonds. The Hall–Kier alpha value is -4.54. The number of urea groups is 1. The standard InChI is InChI=1S/C29H32FN7O3/c1-18-14-20(7-8-22(18)30)25-26(37-24(35-25)6-5-11-33-37)21-9-12-31-23(15-21)34-27(38)32-16-19-10-13-36(17-19)28(39)40-29(2,3)4/h5-9,11-12,14-15,19H,10,13,16-17H2,1-4H3,(H2,31,32,34,38). The topological polar surface area (TPSA) is 114 Å². The van der Waals surface area contributed by atoms with Crippen LogP contribution in [0.15, 0.2) is 54.9 Å². The molecule has 3 aromatic heterocycles. The van der Waals surface area contributed by atoms with Gasteiger partial charge in [-0.05, 0) is 88.1 Å². The Balaban J connectivity index is 1.29. The number of likely N-dealkylation sites (tertiary alicyclic amines) is 1. The number of anilines is 1. The minimum Gasteiger partial charge on any atom is -0.444 e. The van der Waals surface area contributed by atoms with Gasteiger partial charge in [-0.15, -0.1) is 0 Å². The van der Waals surface area contributed by atoms with Crippen LogP contribution in [0.25, 0.3) is 28.2 Å². The summed E-state index contributed by atoms with van der Waals surface area (Å²) in [6.45, 7) is 8.75. The molecule has 4 aromatic rings. The summed E-state index contributed by atoms with van der Waals surface area (Å²) < 4.78 is 21.1. The highest BCUT2D eigenvalue weighted by atomic mass is 19.1. The first kappa shape index (κ1) is 27.0. The van der Waals surface area contributed by atoms with E-state index in [1.165, 1.54) is 6.07 Å². The molecular formula is C29H32FN7O3. The van der Waals surface area contributed by atoms with Crippen LogP contribution >= 0.6 is 0 Å². The number of hydrogen-bond acceptors (Lipinski definition) is 6. The number of imidazole rings is 1. The lowest BCUT2D eigenvalue weighted by molar-refractivity contribution is 0.0288. The monoisotopic (exact) mass is 545 g/mol. The van der Waals surface area contributed by atoms with E-state index >= 15 is 0 Å². The van der Waals surface area contributed by atoms with E-state index in [0.717, 1.165) is 17.5 Å². The van der Waals surface area contributed by atoms with Crippen LogP contribution in [0.2, 0.25) is 0 Å². The number of rotatable bonds is 5. The molecule has 0 radical (unpaired) electrons. The van der Waals surface area contributed by atoms with Crippen molar-refractivity contribution in [2.24, 2.45) is 5.92 Å². The van der Waals surface area contributed by atoms with Gasteiger partial charge in [0.1, 0.15) is 22.9 Å². The molecule has 208 valence electrons. The van der Waals surface area contributed by atoms with Crippen molar-refractivity contribution in [3.8, 4) is 22.5 Å². The number of aromatic nitrogens is 4. The molecule has 1 atom stereocenters. The molecule has 0 bridgehead atoms. The summed E-state index contributed by atoms with van der Waals surface area (Å²) >= 11 is 0. The fourth-order valence-corrected chi connectivity index (χ4v) is 4.68. The molecule has 2 N–H and O–H groups in total. The average Bonchev–Trinajstić information content (AvgIpc) is 3.53. The van der Waals surface area contributed by atoms with Crippen molar-refractivity contribution >= 4 is 23.6 Å². The van der Waals surface area contributed by atoms with Gasteiger partial charge in [-0.3, -0.25) is 5.32 Å². The van der Waals surface area contributed by atoms with Crippen LogP contribution in [0.1, 0.15) is 32.8 Å². The molecule has 11 heteroatoms. The Morgan fingerprint density at radius 1 is 1.12 bits per heavy atom. The van der Waals surface area contributed by atoms with Gasteiger partial charge in [-0.25, -0.2) is 28.5 Å². The van der Waals surface area contributed by atoms with Crippen molar-refractivity contribution < 1.29 is 18.7 Å². The van der Waals surface area contributed by atoms with Gasteiger partial charge in [0, 0.05) is 43.2 Å². The van der Waals surface area contributed by atoms with Crippen molar-refractivity contribution in [3.63, 3.8) is 0 Å². The van der Waals surface area contributed by atoms with Crippen LogP contribution in [0, 0.1) is 18.7 Å². The third kappa shape index (κ3) is 6.03. The highest BCUT2D eigenvalue weighted by Gasteiger charge is 2.30. The number of carbonyl (C=O) groups is 2. The summed E-state index contributed by atoms with van der Waals surface area (Å²) in [6, 6.07) is 11.7. The smallest absolute Gasteiger partial charge is 0.410 e. The number of halogens is 1. The maximum absolute atomic E-state index is 14.0. The number of ether oxygens (including phenoxy) is 1. The normalized spacial score (nSPS) is 15.3. The summed E-state index contributed by atoms with van der Waals surface area (Å²) in [5.74, 6) is 0.191. The predicted octanol–water partition coefficient (Wildman–Crippen LogP) is 5.28. The second kappa shape index (κ2) is 10.9. The van der Waals surface area contributed by atoms with Crippen LogP contribution < -0.4 is 10.6 Å². The van der Waals surface area contributed by atoms with Gasteiger partial charge >= 0.3 is 12.1 Å². The van der Waals surface area contributed by atoms with Crippen LogP contribution in [-0.4, -0.2) is 61.8 Å². The predicted molar refractivity (Wildman–Crippen MR) is 149 cm³/mol. The van der Waals surface area contributed by atoms with Gasteiger partial charge < -0.3 is 15.0 Å². The van der Waals surface area contributed by atoms with Gasteiger partial charge in [-0.1, -0.05) is 0 Å². The zero-order chi connectivity index (χ0) is 28.4. The lowest BCUT2D eigenvalue weighted by atomic mass is 10.0. The number of aryl methyl sites for hydroxylation is 1. The molecular weight excluding hydrogens is 513 g/mol. The highest BCUT2D eigenvalue weighted by molar-refractivity contribution is 5.90. The molecule has 1 fully saturated rings. The number of carbonyl (C=O) groups excluding carboxylic acids is 2. The third-order valence-electron chi connectivity index (χ3n) is 6.59. The number of hydrogen-bond donors (Lipinski definition) is 2. The maximum atomic E-state index is 14.0. The molecule has 0 saturated carbocycles. The number of nitrogens with one attached hydrogen (secondary N) is 2. The van der Waals surface area contributed by atoms with Crippen molar-refractivity contribution in [2.45, 2.75) is 39.7 Å². The van der Waals surface area contributed by atoms with E-state index in [4.69, 9.17) is 9.72 Å². The van der Waals surface area contributed by atoms with Crippen LogP contribution in [-0.2, 0) is 4.74 Å². The zero-order valence-electron chi connectivity index (χ0n) is 22.9. The van der Waals surface area contributed by atoms with Crippen LogP contribution in [0.4, 0.5) is 19.8 Å². The maximum Gasteiger partial charge on any atom is 0.410 e. The van der Waals surface area contributed by atoms with E-state index in [0.29, 0.717) is 48.1 Å². The number of amides is 3. The summed E-state index contributed by atoms with van der Waals surface area (Å²) in [7, 11) is 0. The summed E-state index contributed by atoms with van der Waals surface area (Å²) in [4.78, 5) is 35.7. The van der Waals surface area contributed by atoms with Gasteiger partial charge in [0.2, 0.25) is 0 Å². The van der Waals surface area contributed by atoms with E-state index in [1.54, 1.807) is 53.0 Å². The van der Waals surface area contributed by atoms with Crippen molar-refractivity contribution in [2.75, 3.05) is 25.0 Å². The van der Waals surface area contributed by atoms with Crippen LogP contribution in [0.5, 0.6) is 0 Å². The van der Waals surface area contributed by atoms with Gasteiger partial charge in [0.25, 0.3) is 0 Å². The highest BCUT2D eigenvalue weighted by Crippen LogP contribution is 2.33.